The Morgan fingerprint density at radius 3 is 2.89 bits per heavy atom. The van der Waals surface area contributed by atoms with Gasteiger partial charge in [-0.25, -0.2) is 9.37 Å². The number of halogens is 2. The van der Waals surface area contributed by atoms with Crippen molar-refractivity contribution in [1.82, 2.24) is 14.9 Å². The van der Waals surface area contributed by atoms with Crippen molar-refractivity contribution in [2.75, 3.05) is 0 Å². The first-order valence-corrected chi connectivity index (χ1v) is 6.60. The van der Waals surface area contributed by atoms with Gasteiger partial charge in [-0.3, -0.25) is 0 Å². The van der Waals surface area contributed by atoms with Crippen LogP contribution in [-0.4, -0.2) is 15.6 Å². The summed E-state index contributed by atoms with van der Waals surface area (Å²) in [5.74, 6) is -0.391. The lowest BCUT2D eigenvalue weighted by atomic mass is 10.2. The van der Waals surface area contributed by atoms with E-state index in [-0.39, 0.29) is 5.02 Å². The van der Waals surface area contributed by atoms with Crippen molar-refractivity contribution in [1.29, 1.82) is 0 Å². The van der Waals surface area contributed by atoms with Crippen LogP contribution in [0.3, 0.4) is 0 Å². The molecule has 1 aromatic carbocycles. The number of hydrogen-bond donors (Lipinski definition) is 1. The van der Waals surface area contributed by atoms with E-state index in [4.69, 9.17) is 11.6 Å². The number of rotatable bonds is 5. The van der Waals surface area contributed by atoms with Crippen LogP contribution in [0.25, 0.3) is 0 Å². The van der Waals surface area contributed by atoms with Gasteiger partial charge < -0.3 is 9.88 Å². The molecule has 2 aromatic rings. The van der Waals surface area contributed by atoms with Crippen molar-refractivity contribution in [3.8, 4) is 0 Å². The third kappa shape index (κ3) is 4.04. The van der Waals surface area contributed by atoms with Crippen LogP contribution in [0.5, 0.6) is 0 Å². The molecular formula is C14H17ClFN3. The van der Waals surface area contributed by atoms with Gasteiger partial charge in [0.05, 0.1) is 17.0 Å². The molecule has 0 saturated carbocycles. The van der Waals surface area contributed by atoms with Crippen LogP contribution in [0.2, 0.25) is 5.02 Å². The summed E-state index contributed by atoms with van der Waals surface area (Å²) in [4.78, 5) is 4.32. The summed E-state index contributed by atoms with van der Waals surface area (Å²) in [7, 11) is 0. The Kier molecular flexibility index (Phi) is 4.56. The predicted molar refractivity (Wildman–Crippen MR) is 74.7 cm³/mol. The van der Waals surface area contributed by atoms with Crippen molar-refractivity contribution in [2.24, 2.45) is 0 Å². The summed E-state index contributed by atoms with van der Waals surface area (Å²) in [5, 5.41) is 3.46. The molecule has 102 valence electrons. The third-order valence-electron chi connectivity index (χ3n) is 2.73. The zero-order chi connectivity index (χ0) is 13.8. The van der Waals surface area contributed by atoms with Crippen LogP contribution in [0, 0.1) is 5.82 Å². The number of hydrogen-bond acceptors (Lipinski definition) is 2. The first-order chi connectivity index (χ1) is 9.04. The van der Waals surface area contributed by atoms with E-state index in [9.17, 15) is 4.39 Å². The zero-order valence-corrected chi connectivity index (χ0v) is 11.8. The molecule has 0 aliphatic carbocycles. The van der Waals surface area contributed by atoms with Crippen molar-refractivity contribution in [3.05, 3.63) is 52.8 Å². The van der Waals surface area contributed by atoms with Crippen LogP contribution in [0.1, 0.15) is 25.1 Å². The van der Waals surface area contributed by atoms with E-state index < -0.39 is 5.82 Å². The highest BCUT2D eigenvalue weighted by molar-refractivity contribution is 6.30. The van der Waals surface area contributed by atoms with Gasteiger partial charge in [0.1, 0.15) is 5.82 Å². The molecule has 0 atom stereocenters. The van der Waals surface area contributed by atoms with Crippen molar-refractivity contribution in [3.63, 3.8) is 0 Å². The number of nitrogens with one attached hydrogen (secondary N) is 1. The Bertz CT molecular complexity index is 551. The van der Waals surface area contributed by atoms with E-state index in [0.717, 1.165) is 17.8 Å². The molecule has 1 N–H and O–H groups in total. The number of aromatic nitrogens is 2. The maximum absolute atomic E-state index is 13.1. The molecule has 5 heteroatoms. The van der Waals surface area contributed by atoms with Gasteiger partial charge >= 0.3 is 0 Å². The summed E-state index contributed by atoms with van der Waals surface area (Å²) >= 11 is 5.76. The lowest BCUT2D eigenvalue weighted by Gasteiger charge is -2.05. The SMILES string of the molecule is CC(C)NCc1cn(Cc2ccc(F)c(Cl)c2)cn1. The standard InChI is InChI=1S/C14H17ClFN3/c1-10(2)17-6-12-8-19(9-18-12)7-11-3-4-14(16)13(15)5-11/h3-5,8-10,17H,6-7H2,1-2H3. The highest BCUT2D eigenvalue weighted by Crippen LogP contribution is 2.16. The molecule has 19 heavy (non-hydrogen) atoms. The molecule has 3 nitrogen and oxygen atoms in total. The first-order valence-electron chi connectivity index (χ1n) is 6.22. The molecule has 0 aliphatic heterocycles. The fraction of sp³-hybridized carbons (Fsp3) is 0.357. The van der Waals surface area contributed by atoms with E-state index in [1.54, 1.807) is 18.5 Å². The van der Waals surface area contributed by atoms with E-state index in [1.165, 1.54) is 6.07 Å². The molecule has 0 aliphatic rings. The zero-order valence-electron chi connectivity index (χ0n) is 11.0. The van der Waals surface area contributed by atoms with Gasteiger partial charge in [-0.2, -0.15) is 0 Å². The quantitative estimate of drug-likeness (QED) is 0.912. The molecule has 0 bridgehead atoms. The second kappa shape index (κ2) is 6.17. The molecule has 0 saturated heterocycles. The molecule has 2 rings (SSSR count). The maximum Gasteiger partial charge on any atom is 0.141 e. The van der Waals surface area contributed by atoms with Crippen molar-refractivity contribution in [2.45, 2.75) is 33.0 Å². The first kappa shape index (κ1) is 14.0. The number of nitrogens with zero attached hydrogens (tertiary/aromatic N) is 2. The van der Waals surface area contributed by atoms with E-state index in [2.05, 4.69) is 24.1 Å². The summed E-state index contributed by atoms with van der Waals surface area (Å²) < 4.78 is 15.0. The predicted octanol–water partition coefficient (Wildman–Crippen LogP) is 3.22. The molecule has 0 spiro atoms. The van der Waals surface area contributed by atoms with Crippen LogP contribution in [-0.2, 0) is 13.1 Å². The summed E-state index contributed by atoms with van der Waals surface area (Å²) in [6.07, 6.45) is 3.75. The molecule has 0 amide bonds. The normalized spacial score (nSPS) is 11.2. The van der Waals surface area contributed by atoms with Gasteiger partial charge in [-0.1, -0.05) is 31.5 Å². The van der Waals surface area contributed by atoms with E-state index in [1.807, 2.05) is 10.8 Å². The minimum absolute atomic E-state index is 0.152. The monoisotopic (exact) mass is 281 g/mol. The van der Waals surface area contributed by atoms with Crippen LogP contribution in [0.4, 0.5) is 4.39 Å². The maximum atomic E-state index is 13.1. The molecule has 0 unspecified atom stereocenters. The van der Waals surface area contributed by atoms with Crippen LogP contribution in [0.15, 0.2) is 30.7 Å². The second-order valence-corrected chi connectivity index (χ2v) is 5.23. The van der Waals surface area contributed by atoms with Crippen molar-refractivity contribution >= 4 is 11.6 Å². The van der Waals surface area contributed by atoms with Gasteiger partial charge in [0.25, 0.3) is 0 Å². The fourth-order valence-electron chi connectivity index (χ4n) is 1.74. The summed E-state index contributed by atoms with van der Waals surface area (Å²) in [5.41, 5.74) is 1.94. The minimum Gasteiger partial charge on any atom is -0.333 e. The Balaban J connectivity index is 2.01. The van der Waals surface area contributed by atoms with Gasteiger partial charge in [0, 0.05) is 25.3 Å². The van der Waals surface area contributed by atoms with Gasteiger partial charge in [-0.15, -0.1) is 0 Å². The third-order valence-corrected chi connectivity index (χ3v) is 3.02. The van der Waals surface area contributed by atoms with Gasteiger partial charge in [0.2, 0.25) is 0 Å². The average molecular weight is 282 g/mol. The molecule has 1 aromatic heterocycles. The van der Waals surface area contributed by atoms with Gasteiger partial charge in [0.15, 0.2) is 0 Å². The Hall–Kier alpha value is -1.39. The molecule has 0 radical (unpaired) electrons. The Morgan fingerprint density at radius 2 is 2.21 bits per heavy atom. The molecular weight excluding hydrogens is 265 g/mol. The second-order valence-electron chi connectivity index (χ2n) is 4.82. The highest BCUT2D eigenvalue weighted by atomic mass is 35.5. The van der Waals surface area contributed by atoms with E-state index >= 15 is 0 Å². The lowest BCUT2D eigenvalue weighted by molar-refractivity contribution is 0.582. The Morgan fingerprint density at radius 1 is 1.42 bits per heavy atom. The number of benzene rings is 1. The minimum atomic E-state index is -0.391. The smallest absolute Gasteiger partial charge is 0.141 e. The number of imidazole rings is 1. The van der Waals surface area contributed by atoms with Crippen LogP contribution < -0.4 is 5.32 Å². The highest BCUT2D eigenvalue weighted by Gasteiger charge is 2.03. The Labute approximate surface area is 117 Å². The molecule has 0 fully saturated rings. The summed E-state index contributed by atoms with van der Waals surface area (Å²) in [6.45, 7) is 5.57. The van der Waals surface area contributed by atoms with Gasteiger partial charge in [-0.05, 0) is 17.7 Å². The summed E-state index contributed by atoms with van der Waals surface area (Å²) in [6, 6.07) is 5.19. The average Bonchev–Trinajstić information content (AvgIpc) is 2.79. The fourth-order valence-corrected chi connectivity index (χ4v) is 1.94. The van der Waals surface area contributed by atoms with E-state index in [0.29, 0.717) is 12.6 Å². The van der Waals surface area contributed by atoms with Crippen molar-refractivity contribution < 1.29 is 4.39 Å². The topological polar surface area (TPSA) is 29.9 Å². The lowest BCUT2D eigenvalue weighted by Crippen LogP contribution is -2.21. The van der Waals surface area contributed by atoms with Crippen LogP contribution >= 0.6 is 11.6 Å². The largest absolute Gasteiger partial charge is 0.333 e. The molecule has 1 heterocycles.